The summed E-state index contributed by atoms with van der Waals surface area (Å²) < 4.78 is 224. The molecule has 4 atom stereocenters. The Morgan fingerprint density at radius 1 is 0.647 bits per heavy atom. The van der Waals surface area contributed by atoms with Gasteiger partial charge in [-0.05, 0) is 70.7 Å². The summed E-state index contributed by atoms with van der Waals surface area (Å²) >= 11 is 0. The lowest BCUT2D eigenvalue weighted by Gasteiger charge is -2.45. The zero-order valence-corrected chi connectivity index (χ0v) is 42.6. The van der Waals surface area contributed by atoms with Crippen LogP contribution in [0.1, 0.15) is 145 Å². The minimum absolute atomic E-state index is 0.0000366. The van der Waals surface area contributed by atoms with Gasteiger partial charge in [-0.25, -0.2) is 0 Å². The van der Waals surface area contributed by atoms with Gasteiger partial charge >= 0.3 is 36.0 Å². The van der Waals surface area contributed by atoms with Gasteiger partial charge in [0, 0.05) is 19.3 Å². The van der Waals surface area contributed by atoms with Gasteiger partial charge < -0.3 is 18.3 Å². The zero-order valence-electron chi connectivity index (χ0n) is 40.6. The first-order valence-electron chi connectivity index (χ1n) is 23.7. The maximum Gasteiger partial charge on any atom is 0.459 e. The average molecular weight is 1040 g/mol. The molecule has 1 aliphatic rings. The number of hydrogen-bond donors (Lipinski definition) is 0. The highest BCUT2D eigenvalue weighted by Gasteiger charge is 2.74. The minimum atomic E-state index is -6.58. The number of halogens is 14. The Bertz CT molecular complexity index is 1660. The molecule has 0 N–H and O–H groups in total. The molecule has 0 fully saturated rings. The molecule has 1 aromatic carbocycles. The SMILES string of the molecule is CCCCC[C@@H]1CCCCC[C@H](O[Si](CCC(F)(F)C(F)(F)C(F)(F)F)(C(C)C)C(C)C)O[C@H](OCc2ccccc2)[C@H](O[Si](CCC(F)(F)C(F)(F)C(F)(F)F)(C(C)C)C(C)C)C=CC(=O)C1. The molecule has 0 radical (unpaired) electrons. The van der Waals surface area contributed by atoms with Gasteiger partial charge in [0.05, 0.1) is 6.61 Å². The van der Waals surface area contributed by atoms with Crippen LogP contribution < -0.4 is 0 Å². The summed E-state index contributed by atoms with van der Waals surface area (Å²) in [4.78, 5) is 13.8. The summed E-state index contributed by atoms with van der Waals surface area (Å²) in [5, 5.41) is 0. The fourth-order valence-corrected chi connectivity index (χ4v) is 18.1. The van der Waals surface area contributed by atoms with Gasteiger partial charge in [0.2, 0.25) is 8.32 Å². The van der Waals surface area contributed by atoms with Crippen molar-refractivity contribution in [3.05, 3.63) is 48.0 Å². The molecule has 0 unspecified atom stereocenters. The van der Waals surface area contributed by atoms with E-state index < -0.39 is 118 Å². The number of benzene rings is 1. The Labute approximate surface area is 395 Å². The summed E-state index contributed by atoms with van der Waals surface area (Å²) in [5.74, 6) is -24.3. The van der Waals surface area contributed by atoms with Gasteiger partial charge in [-0.1, -0.05) is 138 Å². The number of rotatable bonds is 23. The van der Waals surface area contributed by atoms with E-state index in [1.807, 2.05) is 6.92 Å². The lowest BCUT2D eigenvalue weighted by molar-refractivity contribution is -0.355. The third-order valence-electron chi connectivity index (χ3n) is 13.4. The monoisotopic (exact) mass is 1040 g/mol. The fourth-order valence-electron chi connectivity index (χ4n) is 9.04. The standard InChI is InChI=1S/C47H72F14O5Si2/c1-10-11-14-19-36-20-15-13-18-23-40(66-68(34(6)7,35(8)9)29-27-43(50,51)45(54,55)47(59,60)61)64-41(63-31-37-21-16-12-17-22-37)39(25-24-38(62)30-36)65-67(32(2)3,33(4)5)28-26-42(48,49)44(52,53)46(56,57)58/h12,16-17,21-22,24-25,32-36,39-41H,10-11,13-15,18-20,23,26-31H2,1-9H3/t36-,39-,40+,41+/m1/s1. The summed E-state index contributed by atoms with van der Waals surface area (Å²) in [7, 11) is -7.99. The largest absolute Gasteiger partial charge is 0.459 e. The third kappa shape index (κ3) is 16.2. The predicted molar refractivity (Wildman–Crippen MR) is 238 cm³/mol. The fraction of sp³-hybridized carbons (Fsp3) is 0.809. The van der Waals surface area contributed by atoms with Crippen LogP contribution in [0.5, 0.6) is 0 Å². The van der Waals surface area contributed by atoms with Gasteiger partial charge in [-0.15, -0.1) is 0 Å². The van der Waals surface area contributed by atoms with E-state index in [2.05, 4.69) is 0 Å². The topological polar surface area (TPSA) is 54.0 Å². The first-order chi connectivity index (χ1) is 31.1. The normalized spacial score (nSPS) is 21.1. The van der Waals surface area contributed by atoms with Crippen molar-refractivity contribution in [1.29, 1.82) is 0 Å². The Balaban J connectivity index is 2.93. The molecule has 0 saturated carbocycles. The van der Waals surface area contributed by atoms with E-state index >= 15 is 17.6 Å². The number of ketones is 1. The lowest BCUT2D eigenvalue weighted by Crippen LogP contribution is -2.56. The number of alkyl halides is 14. The molecule has 0 aromatic heterocycles. The van der Waals surface area contributed by atoms with Crippen LogP contribution in [-0.2, 0) is 29.7 Å². The van der Waals surface area contributed by atoms with E-state index in [0.29, 0.717) is 37.7 Å². The van der Waals surface area contributed by atoms with E-state index in [1.165, 1.54) is 12.2 Å². The molecule has 396 valence electrons. The highest BCUT2D eigenvalue weighted by Crippen LogP contribution is 2.53. The summed E-state index contributed by atoms with van der Waals surface area (Å²) in [6, 6.07) is 6.59. The van der Waals surface area contributed by atoms with Crippen molar-refractivity contribution in [2.75, 3.05) is 0 Å². The van der Waals surface area contributed by atoms with Gasteiger partial charge in [0.15, 0.2) is 26.7 Å². The first kappa shape index (κ1) is 62.0. The van der Waals surface area contributed by atoms with Gasteiger partial charge in [0.25, 0.3) is 0 Å². The number of allylic oxidation sites excluding steroid dienone is 1. The second-order valence-corrected chi connectivity index (χ2v) is 29.5. The van der Waals surface area contributed by atoms with E-state index in [-0.39, 0.29) is 31.1 Å². The molecule has 1 heterocycles. The molecule has 21 heteroatoms. The van der Waals surface area contributed by atoms with E-state index in [1.54, 1.807) is 85.7 Å². The minimum Gasteiger partial charge on any atom is -0.405 e. The van der Waals surface area contributed by atoms with Crippen molar-refractivity contribution in [1.82, 2.24) is 0 Å². The van der Waals surface area contributed by atoms with Crippen molar-refractivity contribution >= 4 is 22.4 Å². The molecular formula is C47H72F14O5Si2. The molecule has 0 spiro atoms. The van der Waals surface area contributed by atoms with Crippen molar-refractivity contribution in [2.24, 2.45) is 5.92 Å². The van der Waals surface area contributed by atoms with Gasteiger partial charge in [-0.2, -0.15) is 61.5 Å². The maximum atomic E-state index is 15.1. The quantitative estimate of drug-likeness (QED) is 0.0621. The maximum absolute atomic E-state index is 15.1. The van der Waals surface area contributed by atoms with Crippen LogP contribution in [0.25, 0.3) is 0 Å². The molecule has 1 aromatic rings. The number of ether oxygens (including phenoxy) is 2. The van der Waals surface area contributed by atoms with Crippen LogP contribution in [0.2, 0.25) is 34.3 Å². The van der Waals surface area contributed by atoms with Crippen molar-refractivity contribution in [3.8, 4) is 0 Å². The summed E-state index contributed by atoms with van der Waals surface area (Å²) in [6.07, 6.45) is -13.7. The predicted octanol–water partition coefficient (Wildman–Crippen LogP) is 16.9. The van der Waals surface area contributed by atoms with Crippen LogP contribution >= 0.6 is 0 Å². The van der Waals surface area contributed by atoms with E-state index in [9.17, 15) is 48.7 Å². The highest BCUT2D eigenvalue weighted by molar-refractivity contribution is 6.77. The lowest BCUT2D eigenvalue weighted by atomic mass is 9.90. The Morgan fingerprint density at radius 3 is 1.57 bits per heavy atom. The number of unbranched alkanes of at least 4 members (excludes halogenated alkanes) is 2. The van der Waals surface area contributed by atoms with Crippen LogP contribution in [0.15, 0.2) is 42.5 Å². The molecule has 0 aliphatic carbocycles. The van der Waals surface area contributed by atoms with Crippen LogP contribution in [0.4, 0.5) is 61.5 Å². The van der Waals surface area contributed by atoms with Crippen LogP contribution in [-0.4, -0.2) is 77.1 Å². The number of carbonyl (C=O) groups excluding carboxylic acids is 1. The second-order valence-electron chi connectivity index (χ2n) is 19.5. The summed E-state index contributed by atoms with van der Waals surface area (Å²) in [5.41, 5.74) is -2.33. The Hall–Kier alpha value is -2.08. The van der Waals surface area contributed by atoms with Crippen molar-refractivity contribution in [3.63, 3.8) is 0 Å². The van der Waals surface area contributed by atoms with Crippen molar-refractivity contribution < 1.29 is 84.6 Å². The highest BCUT2D eigenvalue weighted by atomic mass is 28.4. The first-order valence-corrected chi connectivity index (χ1v) is 28.2. The van der Waals surface area contributed by atoms with Crippen LogP contribution in [0, 0.1) is 5.92 Å². The molecule has 5 nitrogen and oxygen atoms in total. The van der Waals surface area contributed by atoms with Crippen molar-refractivity contribution in [2.45, 2.75) is 235 Å². The molecule has 0 saturated heterocycles. The summed E-state index contributed by atoms with van der Waals surface area (Å²) in [6.45, 7) is 14.2. The van der Waals surface area contributed by atoms with E-state index in [4.69, 9.17) is 18.3 Å². The van der Waals surface area contributed by atoms with Gasteiger partial charge in [-0.3, -0.25) is 4.79 Å². The van der Waals surface area contributed by atoms with Crippen LogP contribution in [0.3, 0.4) is 0 Å². The molecule has 0 bridgehead atoms. The smallest absolute Gasteiger partial charge is 0.405 e. The Morgan fingerprint density at radius 2 is 1.12 bits per heavy atom. The zero-order chi connectivity index (χ0) is 52.2. The average Bonchev–Trinajstić information content (AvgIpc) is 3.22. The number of carbonyl (C=O) groups is 1. The second kappa shape index (κ2) is 25.5. The molecule has 2 rings (SSSR count). The molecule has 68 heavy (non-hydrogen) atoms. The molecular weight excluding hydrogens is 967 g/mol. The van der Waals surface area contributed by atoms with E-state index in [0.717, 1.165) is 19.3 Å². The molecule has 0 amide bonds. The molecule has 1 aliphatic heterocycles. The van der Waals surface area contributed by atoms with Gasteiger partial charge in [0.1, 0.15) is 6.10 Å². The Kier molecular flexibility index (Phi) is 23.3. The third-order valence-corrected chi connectivity index (χ3v) is 24.7. The number of hydrogen-bond acceptors (Lipinski definition) is 5.